The van der Waals surface area contributed by atoms with Crippen LogP contribution in [0.4, 0.5) is 0 Å². The van der Waals surface area contributed by atoms with Crippen LogP contribution in [0.25, 0.3) is 0 Å². The van der Waals surface area contributed by atoms with Gasteiger partial charge >= 0.3 is 0 Å². The maximum atomic E-state index is 6.10. The first-order valence-electron chi connectivity index (χ1n) is 6.88. The highest BCUT2D eigenvalue weighted by molar-refractivity contribution is 7.99. The molecule has 0 saturated heterocycles. The van der Waals surface area contributed by atoms with Crippen LogP contribution in [0.1, 0.15) is 31.4 Å². The zero-order valence-corrected chi connectivity index (χ0v) is 12.8. The van der Waals surface area contributed by atoms with Crippen LogP contribution in [0, 0.1) is 0 Å². The van der Waals surface area contributed by atoms with Gasteiger partial charge in [-0.2, -0.15) is 11.8 Å². The number of benzene rings is 1. The number of nitrogens with one attached hydrogen (secondary N) is 1. The molecule has 0 bridgehead atoms. The predicted molar refractivity (Wildman–Crippen MR) is 81.4 cm³/mol. The van der Waals surface area contributed by atoms with Crippen molar-refractivity contribution in [1.29, 1.82) is 0 Å². The van der Waals surface area contributed by atoms with Gasteiger partial charge in [-0.05, 0) is 43.2 Å². The van der Waals surface area contributed by atoms with E-state index in [1.165, 1.54) is 17.1 Å². The van der Waals surface area contributed by atoms with Crippen molar-refractivity contribution in [2.24, 2.45) is 0 Å². The van der Waals surface area contributed by atoms with Crippen LogP contribution in [0.2, 0.25) is 0 Å². The maximum Gasteiger partial charge on any atom is 0.124 e. The fraction of sp³-hybridized carbons (Fsp3) is 0.600. The molecular weight excluding hydrogens is 258 g/mol. The molecular formula is C15H23NO2S. The van der Waals surface area contributed by atoms with Crippen molar-refractivity contribution in [3.63, 3.8) is 0 Å². The summed E-state index contributed by atoms with van der Waals surface area (Å²) in [7, 11) is 3.71. The molecule has 1 aliphatic heterocycles. The molecule has 0 amide bonds. The molecule has 0 spiro atoms. The third-order valence-electron chi connectivity index (χ3n) is 3.52. The van der Waals surface area contributed by atoms with Crippen molar-refractivity contribution in [1.82, 2.24) is 5.32 Å². The Labute approximate surface area is 120 Å². The van der Waals surface area contributed by atoms with E-state index in [-0.39, 0.29) is 0 Å². The van der Waals surface area contributed by atoms with E-state index in [0.29, 0.717) is 12.1 Å². The molecule has 1 heterocycles. The quantitative estimate of drug-likeness (QED) is 0.811. The van der Waals surface area contributed by atoms with Crippen molar-refractivity contribution in [2.75, 3.05) is 25.7 Å². The van der Waals surface area contributed by atoms with Gasteiger partial charge in [0.2, 0.25) is 0 Å². The average Bonchev–Trinajstić information content (AvgIpc) is 2.46. The zero-order valence-electron chi connectivity index (χ0n) is 11.9. The van der Waals surface area contributed by atoms with E-state index in [1.807, 2.05) is 30.9 Å². The number of rotatable bonds is 6. The standard InChI is InChI=1S/C15H23NO2S/c1-4-19-8-7-12-10-14(16-2)13-9-11(17-3)5-6-15(13)18-12/h5-6,9,12,14,16H,4,7-8,10H2,1-3H3. The van der Waals surface area contributed by atoms with Crippen LogP contribution in [-0.2, 0) is 0 Å². The summed E-state index contributed by atoms with van der Waals surface area (Å²) >= 11 is 1.98. The maximum absolute atomic E-state index is 6.10. The zero-order chi connectivity index (χ0) is 13.7. The highest BCUT2D eigenvalue weighted by atomic mass is 32.2. The molecule has 1 aliphatic rings. The van der Waals surface area contributed by atoms with Gasteiger partial charge in [-0.25, -0.2) is 0 Å². The molecule has 2 rings (SSSR count). The van der Waals surface area contributed by atoms with Crippen LogP contribution in [0.3, 0.4) is 0 Å². The van der Waals surface area contributed by atoms with Crippen molar-refractivity contribution in [3.05, 3.63) is 23.8 Å². The van der Waals surface area contributed by atoms with Crippen LogP contribution >= 0.6 is 11.8 Å². The molecule has 106 valence electrons. The summed E-state index contributed by atoms with van der Waals surface area (Å²) in [6, 6.07) is 6.43. The number of fused-ring (bicyclic) bond motifs is 1. The van der Waals surface area contributed by atoms with Gasteiger partial charge in [0.15, 0.2) is 0 Å². The van der Waals surface area contributed by atoms with E-state index < -0.39 is 0 Å². The number of methoxy groups -OCH3 is 1. The van der Waals surface area contributed by atoms with E-state index in [9.17, 15) is 0 Å². The molecule has 0 aromatic heterocycles. The van der Waals surface area contributed by atoms with Gasteiger partial charge < -0.3 is 14.8 Å². The molecule has 19 heavy (non-hydrogen) atoms. The Balaban J connectivity index is 2.10. The van der Waals surface area contributed by atoms with Gasteiger partial charge in [0.25, 0.3) is 0 Å². The summed E-state index contributed by atoms with van der Waals surface area (Å²) < 4.78 is 11.4. The second-order valence-electron chi connectivity index (χ2n) is 4.71. The van der Waals surface area contributed by atoms with Gasteiger partial charge in [-0.3, -0.25) is 0 Å². The molecule has 1 aromatic carbocycles. The molecule has 0 aliphatic carbocycles. The summed E-state index contributed by atoms with van der Waals surface area (Å²) in [6.45, 7) is 2.20. The molecule has 4 heteroatoms. The minimum Gasteiger partial charge on any atom is -0.497 e. The van der Waals surface area contributed by atoms with E-state index >= 15 is 0 Å². The highest BCUT2D eigenvalue weighted by Crippen LogP contribution is 2.37. The topological polar surface area (TPSA) is 30.5 Å². The van der Waals surface area contributed by atoms with Crippen molar-refractivity contribution in [3.8, 4) is 11.5 Å². The second-order valence-corrected chi connectivity index (χ2v) is 6.10. The smallest absolute Gasteiger partial charge is 0.124 e. The molecule has 1 aromatic rings. The Hall–Kier alpha value is -0.870. The normalized spacial score (nSPS) is 21.6. The fourth-order valence-electron chi connectivity index (χ4n) is 2.46. The van der Waals surface area contributed by atoms with Gasteiger partial charge in [-0.1, -0.05) is 6.92 Å². The second kappa shape index (κ2) is 7.06. The SMILES string of the molecule is CCSCCC1CC(NC)c2cc(OC)ccc2O1. The lowest BCUT2D eigenvalue weighted by molar-refractivity contribution is 0.149. The molecule has 3 nitrogen and oxygen atoms in total. The van der Waals surface area contributed by atoms with E-state index in [4.69, 9.17) is 9.47 Å². The molecule has 0 fully saturated rings. The van der Waals surface area contributed by atoms with Crippen LogP contribution < -0.4 is 14.8 Å². The van der Waals surface area contributed by atoms with Crippen molar-refractivity contribution >= 4 is 11.8 Å². The van der Waals surface area contributed by atoms with Gasteiger partial charge in [-0.15, -0.1) is 0 Å². The Morgan fingerprint density at radius 1 is 1.47 bits per heavy atom. The van der Waals surface area contributed by atoms with Crippen LogP contribution in [0.15, 0.2) is 18.2 Å². The van der Waals surface area contributed by atoms with E-state index in [1.54, 1.807) is 7.11 Å². The summed E-state index contributed by atoms with van der Waals surface area (Å²) in [5, 5.41) is 3.39. The first-order chi connectivity index (χ1) is 9.28. The number of hydrogen-bond acceptors (Lipinski definition) is 4. The predicted octanol–water partition coefficient (Wildman–Crippen LogP) is 3.25. The summed E-state index contributed by atoms with van der Waals surface area (Å²) in [5.41, 5.74) is 1.21. The Morgan fingerprint density at radius 3 is 3.00 bits per heavy atom. The lowest BCUT2D eigenvalue weighted by Gasteiger charge is -2.32. The molecule has 1 N–H and O–H groups in total. The van der Waals surface area contributed by atoms with Crippen LogP contribution in [-0.4, -0.2) is 31.8 Å². The minimum atomic E-state index is 0.317. The molecule has 2 atom stereocenters. The third-order valence-corrected chi connectivity index (χ3v) is 4.45. The number of thioether (sulfide) groups is 1. The Bertz CT molecular complexity index is 411. The number of hydrogen-bond donors (Lipinski definition) is 1. The molecule has 2 unspecified atom stereocenters. The van der Waals surface area contributed by atoms with Gasteiger partial charge in [0.1, 0.15) is 17.6 Å². The van der Waals surface area contributed by atoms with Crippen molar-refractivity contribution in [2.45, 2.75) is 31.9 Å². The Morgan fingerprint density at radius 2 is 2.32 bits per heavy atom. The van der Waals surface area contributed by atoms with Crippen LogP contribution in [0.5, 0.6) is 11.5 Å². The first-order valence-corrected chi connectivity index (χ1v) is 8.03. The summed E-state index contributed by atoms with van der Waals surface area (Å²) in [5.74, 6) is 4.24. The first kappa shape index (κ1) is 14.5. The third kappa shape index (κ3) is 3.57. The molecule has 0 radical (unpaired) electrons. The fourth-order valence-corrected chi connectivity index (χ4v) is 3.18. The Kier molecular flexibility index (Phi) is 5.40. The average molecular weight is 281 g/mol. The van der Waals surface area contributed by atoms with E-state index in [2.05, 4.69) is 18.3 Å². The lowest BCUT2D eigenvalue weighted by atomic mass is 9.95. The van der Waals surface area contributed by atoms with Crippen molar-refractivity contribution < 1.29 is 9.47 Å². The lowest BCUT2D eigenvalue weighted by Crippen LogP contribution is -2.31. The summed E-state index contributed by atoms with van der Waals surface area (Å²) in [6.07, 6.45) is 2.46. The monoisotopic (exact) mass is 281 g/mol. The van der Waals surface area contributed by atoms with E-state index in [0.717, 1.165) is 24.3 Å². The minimum absolute atomic E-state index is 0.317. The van der Waals surface area contributed by atoms with Gasteiger partial charge in [0, 0.05) is 18.0 Å². The number of ether oxygens (including phenoxy) is 2. The molecule has 0 saturated carbocycles. The van der Waals surface area contributed by atoms with Gasteiger partial charge in [0.05, 0.1) is 7.11 Å². The summed E-state index contributed by atoms with van der Waals surface area (Å²) in [4.78, 5) is 0. The largest absolute Gasteiger partial charge is 0.497 e. The highest BCUT2D eigenvalue weighted by Gasteiger charge is 2.27.